The van der Waals surface area contributed by atoms with Crippen LogP contribution in [-0.4, -0.2) is 26.6 Å². The van der Waals surface area contributed by atoms with Gasteiger partial charge in [-0.05, 0) is 41.1 Å². The van der Waals surface area contributed by atoms with Gasteiger partial charge < -0.3 is 15.0 Å². The molecule has 27 heavy (non-hydrogen) atoms. The number of hydrogen-bond acceptors (Lipinski definition) is 2. The summed E-state index contributed by atoms with van der Waals surface area (Å²) in [5.74, 6) is -0.825. The topological polar surface area (TPSA) is 42.8 Å². The molecule has 3 aromatic rings. The molecule has 3 aromatic carbocycles. The molecule has 0 fully saturated rings. The predicted octanol–water partition coefficient (Wildman–Crippen LogP) is 2.78. The van der Waals surface area contributed by atoms with E-state index in [2.05, 4.69) is 11.4 Å². The number of amides is 1. The Morgan fingerprint density at radius 1 is 1.04 bits per heavy atom. The third-order valence-corrected chi connectivity index (χ3v) is 4.28. The van der Waals surface area contributed by atoms with Crippen LogP contribution in [0.3, 0.4) is 0 Å². The minimum atomic E-state index is -0.660. The molecule has 1 unspecified atom stereocenters. The molecule has 0 aliphatic rings. The summed E-state index contributed by atoms with van der Waals surface area (Å²) in [6.07, 6.45) is 0. The van der Waals surface area contributed by atoms with Crippen LogP contribution in [0.1, 0.15) is 5.56 Å². The zero-order chi connectivity index (χ0) is 19.4. The standard InChI is InChI=1S/C21H20F2N2O2/c1-25(13-21(26)24-20-11-17(22)6-8-19(20)23)12-14-3-4-16-10-18(27-2)7-5-15(16)9-14/h3-11H,12-13H2,1-2H3,(H,24,26)/p+1. The second-order valence-corrected chi connectivity index (χ2v) is 6.53. The van der Waals surface area contributed by atoms with E-state index in [4.69, 9.17) is 4.74 Å². The van der Waals surface area contributed by atoms with Crippen molar-refractivity contribution in [2.75, 3.05) is 26.0 Å². The first kappa shape index (κ1) is 18.8. The number of anilines is 1. The predicted molar refractivity (Wildman–Crippen MR) is 101 cm³/mol. The lowest BCUT2D eigenvalue weighted by Crippen LogP contribution is -3.08. The zero-order valence-corrected chi connectivity index (χ0v) is 15.2. The van der Waals surface area contributed by atoms with Gasteiger partial charge in [0, 0.05) is 11.6 Å². The van der Waals surface area contributed by atoms with Gasteiger partial charge >= 0.3 is 0 Å². The molecule has 3 rings (SSSR count). The van der Waals surface area contributed by atoms with Crippen LogP contribution in [0.4, 0.5) is 14.5 Å². The summed E-state index contributed by atoms with van der Waals surface area (Å²) < 4.78 is 32.0. The van der Waals surface area contributed by atoms with Crippen LogP contribution < -0.4 is 15.0 Å². The number of nitrogens with one attached hydrogen (secondary N) is 2. The van der Waals surface area contributed by atoms with Crippen molar-refractivity contribution < 1.29 is 23.2 Å². The number of likely N-dealkylation sites (N-methyl/N-ethyl adjacent to an activating group) is 1. The molecule has 2 N–H and O–H groups in total. The number of halogens is 2. The van der Waals surface area contributed by atoms with E-state index in [1.807, 2.05) is 37.4 Å². The van der Waals surface area contributed by atoms with Gasteiger partial charge in [0.25, 0.3) is 5.91 Å². The Balaban J connectivity index is 1.63. The van der Waals surface area contributed by atoms with E-state index in [1.165, 1.54) is 0 Å². The van der Waals surface area contributed by atoms with E-state index in [9.17, 15) is 13.6 Å². The fourth-order valence-corrected chi connectivity index (χ4v) is 2.98. The molecule has 0 aliphatic carbocycles. The summed E-state index contributed by atoms with van der Waals surface area (Å²) in [6, 6.07) is 14.9. The molecule has 1 atom stereocenters. The van der Waals surface area contributed by atoms with Crippen LogP contribution in [0.5, 0.6) is 5.75 Å². The number of quaternary nitrogens is 1. The fraction of sp³-hybridized carbons (Fsp3) is 0.190. The smallest absolute Gasteiger partial charge is 0.279 e. The highest BCUT2D eigenvalue weighted by Gasteiger charge is 2.14. The monoisotopic (exact) mass is 371 g/mol. The van der Waals surface area contributed by atoms with Gasteiger partial charge in [-0.3, -0.25) is 4.79 Å². The van der Waals surface area contributed by atoms with Crippen LogP contribution in [0.25, 0.3) is 10.8 Å². The van der Waals surface area contributed by atoms with Crippen LogP contribution >= 0.6 is 0 Å². The summed E-state index contributed by atoms with van der Waals surface area (Å²) in [7, 11) is 3.51. The van der Waals surface area contributed by atoms with E-state index in [1.54, 1.807) is 7.11 Å². The highest BCUT2D eigenvalue weighted by atomic mass is 19.1. The third kappa shape index (κ3) is 4.80. The Morgan fingerprint density at radius 2 is 1.78 bits per heavy atom. The van der Waals surface area contributed by atoms with Gasteiger partial charge in [-0.15, -0.1) is 0 Å². The Morgan fingerprint density at radius 3 is 2.56 bits per heavy atom. The molecule has 0 radical (unpaired) electrons. The molecule has 140 valence electrons. The zero-order valence-electron chi connectivity index (χ0n) is 15.2. The molecule has 0 aliphatic heterocycles. The van der Waals surface area contributed by atoms with Crippen molar-refractivity contribution >= 4 is 22.4 Å². The van der Waals surface area contributed by atoms with Crippen molar-refractivity contribution in [1.29, 1.82) is 0 Å². The number of ether oxygens (including phenoxy) is 1. The maximum absolute atomic E-state index is 13.6. The molecule has 4 nitrogen and oxygen atoms in total. The number of methoxy groups -OCH3 is 1. The molecule has 6 heteroatoms. The van der Waals surface area contributed by atoms with Gasteiger partial charge in [-0.25, -0.2) is 8.78 Å². The summed E-state index contributed by atoms with van der Waals surface area (Å²) in [6.45, 7) is 0.762. The van der Waals surface area contributed by atoms with Gasteiger partial charge in [0.05, 0.1) is 19.8 Å². The Labute approximate surface area is 156 Å². The number of fused-ring (bicyclic) bond motifs is 1. The fourth-order valence-electron chi connectivity index (χ4n) is 2.98. The Hall–Kier alpha value is -2.99. The molecule has 0 saturated carbocycles. The van der Waals surface area contributed by atoms with Crippen molar-refractivity contribution in [1.82, 2.24) is 0 Å². The summed E-state index contributed by atoms with van der Waals surface area (Å²) in [5.41, 5.74) is 0.933. The van der Waals surface area contributed by atoms with Gasteiger partial charge in [0.2, 0.25) is 0 Å². The van der Waals surface area contributed by atoms with Gasteiger partial charge in [0.15, 0.2) is 6.54 Å². The Kier molecular flexibility index (Phi) is 5.66. The maximum atomic E-state index is 13.6. The summed E-state index contributed by atoms with van der Waals surface area (Å²) in [4.78, 5) is 13.1. The second-order valence-electron chi connectivity index (χ2n) is 6.53. The van der Waals surface area contributed by atoms with E-state index in [0.29, 0.717) is 6.54 Å². The minimum absolute atomic E-state index is 0.136. The first-order valence-electron chi connectivity index (χ1n) is 8.57. The lowest BCUT2D eigenvalue weighted by molar-refractivity contribution is -0.885. The number of rotatable bonds is 6. The first-order chi connectivity index (χ1) is 12.9. The molecule has 0 bridgehead atoms. The number of carbonyl (C=O) groups is 1. The third-order valence-electron chi connectivity index (χ3n) is 4.28. The average molecular weight is 371 g/mol. The molecule has 0 saturated heterocycles. The number of carbonyl (C=O) groups excluding carboxylic acids is 1. The minimum Gasteiger partial charge on any atom is -0.497 e. The van der Waals surface area contributed by atoms with Crippen LogP contribution in [0.15, 0.2) is 54.6 Å². The van der Waals surface area contributed by atoms with E-state index in [-0.39, 0.29) is 18.1 Å². The van der Waals surface area contributed by atoms with Crippen molar-refractivity contribution in [3.05, 3.63) is 71.8 Å². The van der Waals surface area contributed by atoms with Crippen molar-refractivity contribution in [3.8, 4) is 5.75 Å². The number of benzene rings is 3. The lowest BCUT2D eigenvalue weighted by Gasteiger charge is -2.15. The van der Waals surface area contributed by atoms with Crippen LogP contribution in [0.2, 0.25) is 0 Å². The molecular weight excluding hydrogens is 350 g/mol. The van der Waals surface area contributed by atoms with Crippen molar-refractivity contribution in [3.63, 3.8) is 0 Å². The SMILES string of the molecule is COc1ccc2cc(C[NH+](C)CC(=O)Nc3cc(F)ccc3F)ccc2c1. The maximum Gasteiger partial charge on any atom is 0.279 e. The van der Waals surface area contributed by atoms with Crippen molar-refractivity contribution in [2.24, 2.45) is 0 Å². The number of hydrogen-bond donors (Lipinski definition) is 2. The highest BCUT2D eigenvalue weighted by molar-refractivity contribution is 5.91. The normalized spacial score (nSPS) is 12.0. The van der Waals surface area contributed by atoms with Crippen LogP contribution in [0, 0.1) is 11.6 Å². The average Bonchev–Trinajstić information content (AvgIpc) is 2.64. The summed E-state index contributed by atoms with van der Waals surface area (Å²) >= 11 is 0. The first-order valence-corrected chi connectivity index (χ1v) is 8.57. The summed E-state index contributed by atoms with van der Waals surface area (Å²) in [5, 5.41) is 4.59. The van der Waals surface area contributed by atoms with Crippen LogP contribution in [-0.2, 0) is 11.3 Å². The molecule has 0 spiro atoms. The van der Waals surface area contributed by atoms with Gasteiger partial charge in [-0.2, -0.15) is 0 Å². The van der Waals surface area contributed by atoms with E-state index in [0.717, 1.165) is 45.2 Å². The quantitative estimate of drug-likeness (QED) is 0.700. The van der Waals surface area contributed by atoms with Gasteiger partial charge in [-0.1, -0.05) is 18.2 Å². The molecule has 1 amide bonds. The van der Waals surface area contributed by atoms with Crippen molar-refractivity contribution in [2.45, 2.75) is 6.54 Å². The lowest BCUT2D eigenvalue weighted by atomic mass is 10.1. The largest absolute Gasteiger partial charge is 0.497 e. The van der Waals surface area contributed by atoms with Gasteiger partial charge in [0.1, 0.15) is 23.9 Å². The van der Waals surface area contributed by atoms with E-state index < -0.39 is 11.6 Å². The molecular formula is C21H21F2N2O2+. The molecule has 0 aromatic heterocycles. The second kappa shape index (κ2) is 8.14. The molecule has 0 heterocycles. The highest BCUT2D eigenvalue weighted by Crippen LogP contribution is 2.21. The Bertz CT molecular complexity index is 976. The van der Waals surface area contributed by atoms with E-state index >= 15 is 0 Å².